The van der Waals surface area contributed by atoms with Gasteiger partial charge in [0.25, 0.3) is 5.91 Å². The number of aromatic nitrogens is 1. The molecule has 1 atom stereocenters. The number of pyridine rings is 1. The van der Waals surface area contributed by atoms with Gasteiger partial charge in [0.1, 0.15) is 0 Å². The Hall–Kier alpha value is -1.82. The van der Waals surface area contributed by atoms with E-state index in [0.29, 0.717) is 12.1 Å². The molecule has 1 aromatic heterocycles. The minimum Gasteiger partial charge on any atom is -0.378 e. The van der Waals surface area contributed by atoms with Crippen molar-refractivity contribution in [2.45, 2.75) is 32.2 Å². The van der Waals surface area contributed by atoms with E-state index in [0.717, 1.165) is 36.1 Å². The van der Waals surface area contributed by atoms with E-state index in [1.807, 2.05) is 32.3 Å². The van der Waals surface area contributed by atoms with Crippen molar-refractivity contribution in [1.29, 1.82) is 0 Å². The topological polar surface area (TPSA) is 71.2 Å². The van der Waals surface area contributed by atoms with Crippen molar-refractivity contribution in [3.05, 3.63) is 48.3 Å². The quantitative estimate of drug-likeness (QED) is 0.689. The fraction of sp³-hybridized carbons (Fsp3) is 0.400. The van der Waals surface area contributed by atoms with Gasteiger partial charge in [0.2, 0.25) is 0 Å². The minimum atomic E-state index is -0.120. The third-order valence-electron chi connectivity index (χ3n) is 4.24. The molecular weight excluding hydrogens is 383 g/mol. The molecule has 0 spiro atoms. The number of rotatable bonds is 8. The van der Waals surface area contributed by atoms with Crippen LogP contribution in [-0.4, -0.2) is 37.6 Å². The van der Waals surface area contributed by atoms with Crippen molar-refractivity contribution in [3.63, 3.8) is 0 Å². The average Bonchev–Trinajstić information content (AvgIpc) is 2.65. The number of carbonyl (C=O) groups excluding carboxylic acids is 1. The second kappa shape index (κ2) is 12.5. The number of carbonyl (C=O) groups is 1. The molecule has 1 heterocycles. The summed E-state index contributed by atoms with van der Waals surface area (Å²) >= 11 is 0. The molecule has 5 nitrogen and oxygen atoms in total. The second-order valence-corrected chi connectivity index (χ2v) is 6.45. The van der Waals surface area contributed by atoms with Crippen LogP contribution in [0.1, 0.15) is 36.5 Å². The first-order valence-electron chi connectivity index (χ1n) is 8.79. The number of hydrogen-bond donors (Lipinski definition) is 2. The molecule has 0 aliphatic rings. The summed E-state index contributed by atoms with van der Waals surface area (Å²) in [4.78, 5) is 18.8. The number of benzene rings is 1. The van der Waals surface area contributed by atoms with Crippen molar-refractivity contribution in [2.75, 3.05) is 25.5 Å². The van der Waals surface area contributed by atoms with Gasteiger partial charge in [0, 0.05) is 50.3 Å². The number of unbranched alkanes of at least 4 members (excludes halogenated alkanes) is 1. The largest absolute Gasteiger partial charge is 0.378 e. The van der Waals surface area contributed by atoms with E-state index >= 15 is 0 Å². The predicted octanol–water partition coefficient (Wildman–Crippen LogP) is 3.91. The van der Waals surface area contributed by atoms with Crippen LogP contribution in [0.4, 0.5) is 5.69 Å². The van der Waals surface area contributed by atoms with Gasteiger partial charge >= 0.3 is 0 Å². The molecule has 0 radical (unpaired) electrons. The summed E-state index contributed by atoms with van der Waals surface area (Å²) in [6.07, 6.45) is 6.42. The van der Waals surface area contributed by atoms with E-state index in [-0.39, 0.29) is 36.8 Å². The van der Waals surface area contributed by atoms with Crippen molar-refractivity contribution in [1.82, 2.24) is 10.3 Å². The first kappa shape index (κ1) is 25.2. The van der Waals surface area contributed by atoms with E-state index in [9.17, 15) is 4.79 Å². The maximum Gasteiger partial charge on any atom is 0.253 e. The third-order valence-corrected chi connectivity index (χ3v) is 4.24. The molecule has 0 bridgehead atoms. The van der Waals surface area contributed by atoms with Gasteiger partial charge in [0.15, 0.2) is 0 Å². The Morgan fingerprint density at radius 2 is 1.81 bits per heavy atom. The molecule has 7 heteroatoms. The molecule has 1 unspecified atom stereocenters. The highest BCUT2D eigenvalue weighted by atomic mass is 35.5. The minimum absolute atomic E-state index is 0. The van der Waals surface area contributed by atoms with Gasteiger partial charge in [-0.15, -0.1) is 24.8 Å². The Balaban J connectivity index is 0.00000338. The van der Waals surface area contributed by atoms with Crippen LogP contribution in [0.25, 0.3) is 11.1 Å². The molecule has 1 amide bonds. The highest BCUT2D eigenvalue weighted by Crippen LogP contribution is 2.22. The summed E-state index contributed by atoms with van der Waals surface area (Å²) in [5.74, 6) is -0.120. The smallest absolute Gasteiger partial charge is 0.253 e. The van der Waals surface area contributed by atoms with E-state index in [2.05, 4.69) is 34.3 Å². The number of anilines is 1. The fourth-order valence-corrected chi connectivity index (χ4v) is 2.64. The van der Waals surface area contributed by atoms with Crippen LogP contribution in [0.15, 0.2) is 42.7 Å². The molecule has 0 aliphatic carbocycles. The first-order valence-corrected chi connectivity index (χ1v) is 8.79. The maximum absolute atomic E-state index is 12.5. The lowest BCUT2D eigenvalue weighted by molar-refractivity contribution is 0.0935. The standard InChI is InChI=1S/C20H28N4O.2ClH/c1-4-5-6-18(12-21)23-20(25)17-11-16(13-22-14-17)15-7-9-19(10-8-15)24(2)3;;/h7-11,13-14,18H,4-6,12,21H2,1-3H3,(H,23,25);2*1H. The SMILES string of the molecule is CCCCC(CN)NC(=O)c1cncc(-c2ccc(N(C)C)cc2)c1.Cl.Cl. The lowest BCUT2D eigenvalue weighted by atomic mass is 10.0. The Morgan fingerprint density at radius 3 is 2.37 bits per heavy atom. The van der Waals surface area contributed by atoms with Gasteiger partial charge in [-0.2, -0.15) is 0 Å². The highest BCUT2D eigenvalue weighted by Gasteiger charge is 2.13. The normalized spacial score (nSPS) is 11.0. The van der Waals surface area contributed by atoms with Gasteiger partial charge in [-0.25, -0.2) is 0 Å². The van der Waals surface area contributed by atoms with Crippen molar-refractivity contribution in [2.24, 2.45) is 5.73 Å². The number of nitrogens with two attached hydrogens (primary N) is 1. The highest BCUT2D eigenvalue weighted by molar-refractivity contribution is 5.95. The summed E-state index contributed by atoms with van der Waals surface area (Å²) in [6.45, 7) is 2.58. The van der Waals surface area contributed by atoms with Crippen molar-refractivity contribution in [3.8, 4) is 11.1 Å². The number of nitrogens with one attached hydrogen (secondary N) is 1. The predicted molar refractivity (Wildman–Crippen MR) is 118 cm³/mol. The monoisotopic (exact) mass is 412 g/mol. The van der Waals surface area contributed by atoms with Crippen molar-refractivity contribution >= 4 is 36.4 Å². The summed E-state index contributed by atoms with van der Waals surface area (Å²) in [7, 11) is 4.02. The molecular formula is C20H30Cl2N4O. The van der Waals surface area contributed by atoms with E-state index in [4.69, 9.17) is 5.73 Å². The Kier molecular flexibility index (Phi) is 11.7. The van der Waals surface area contributed by atoms with E-state index < -0.39 is 0 Å². The third kappa shape index (κ3) is 7.37. The summed E-state index contributed by atoms with van der Waals surface area (Å²) in [5.41, 5.74) is 9.42. The molecule has 0 saturated heterocycles. The van der Waals surface area contributed by atoms with Crippen LogP contribution >= 0.6 is 24.8 Å². The molecule has 0 fully saturated rings. The van der Waals surface area contributed by atoms with Crippen molar-refractivity contribution < 1.29 is 4.79 Å². The van der Waals surface area contributed by atoms with Gasteiger partial charge in [-0.3, -0.25) is 9.78 Å². The Morgan fingerprint density at radius 1 is 1.15 bits per heavy atom. The van der Waals surface area contributed by atoms with Crippen LogP contribution < -0.4 is 16.0 Å². The van der Waals surface area contributed by atoms with Crippen LogP contribution in [0.5, 0.6) is 0 Å². The molecule has 2 rings (SSSR count). The zero-order valence-electron chi connectivity index (χ0n) is 16.1. The Bertz CT molecular complexity index is 693. The first-order chi connectivity index (χ1) is 12.0. The molecule has 2 aromatic rings. The summed E-state index contributed by atoms with van der Waals surface area (Å²) in [6, 6.07) is 10.1. The second-order valence-electron chi connectivity index (χ2n) is 6.45. The van der Waals surface area contributed by atoms with E-state index in [1.54, 1.807) is 12.4 Å². The lowest BCUT2D eigenvalue weighted by Crippen LogP contribution is -2.40. The maximum atomic E-state index is 12.5. The van der Waals surface area contributed by atoms with Gasteiger partial charge in [0.05, 0.1) is 5.56 Å². The molecule has 0 saturated carbocycles. The average molecular weight is 413 g/mol. The molecule has 150 valence electrons. The summed E-state index contributed by atoms with van der Waals surface area (Å²) in [5, 5.41) is 3.01. The number of halogens is 2. The molecule has 27 heavy (non-hydrogen) atoms. The van der Waals surface area contributed by atoms with Crippen LogP contribution in [-0.2, 0) is 0 Å². The number of amides is 1. The zero-order valence-corrected chi connectivity index (χ0v) is 17.8. The van der Waals surface area contributed by atoms with Crippen LogP contribution in [0.3, 0.4) is 0 Å². The van der Waals surface area contributed by atoms with Gasteiger partial charge < -0.3 is 16.0 Å². The molecule has 1 aromatic carbocycles. The summed E-state index contributed by atoms with van der Waals surface area (Å²) < 4.78 is 0. The van der Waals surface area contributed by atoms with Crippen LogP contribution in [0.2, 0.25) is 0 Å². The molecule has 0 aliphatic heterocycles. The van der Waals surface area contributed by atoms with Crippen LogP contribution in [0, 0.1) is 0 Å². The zero-order chi connectivity index (χ0) is 18.2. The van der Waals surface area contributed by atoms with Gasteiger partial charge in [-0.05, 0) is 30.2 Å². The van der Waals surface area contributed by atoms with Gasteiger partial charge in [-0.1, -0.05) is 31.9 Å². The number of hydrogen-bond acceptors (Lipinski definition) is 4. The Labute approximate surface area is 174 Å². The molecule has 3 N–H and O–H groups in total. The lowest BCUT2D eigenvalue weighted by Gasteiger charge is -2.16. The van der Waals surface area contributed by atoms with E-state index in [1.165, 1.54) is 0 Å². The fourth-order valence-electron chi connectivity index (χ4n) is 2.64. The number of nitrogens with zero attached hydrogens (tertiary/aromatic N) is 2.